The number of halogens is 1. The zero-order valence-corrected chi connectivity index (χ0v) is 13.0. The van der Waals surface area contributed by atoms with Gasteiger partial charge in [-0.25, -0.2) is 0 Å². The van der Waals surface area contributed by atoms with Crippen molar-refractivity contribution in [2.75, 3.05) is 11.9 Å². The summed E-state index contributed by atoms with van der Waals surface area (Å²) in [5.41, 5.74) is 2.11. The van der Waals surface area contributed by atoms with Crippen LogP contribution in [-0.2, 0) is 4.79 Å². The second-order valence-corrected chi connectivity index (χ2v) is 5.42. The van der Waals surface area contributed by atoms with Crippen molar-refractivity contribution in [3.8, 4) is 6.07 Å². The van der Waals surface area contributed by atoms with Gasteiger partial charge in [-0.15, -0.1) is 0 Å². The van der Waals surface area contributed by atoms with Gasteiger partial charge >= 0.3 is 0 Å². The van der Waals surface area contributed by atoms with Gasteiger partial charge in [-0.05, 0) is 31.2 Å². The van der Waals surface area contributed by atoms with Gasteiger partial charge in [0.1, 0.15) is 12.1 Å². The minimum Gasteiger partial charge on any atom is -0.333 e. The number of carbonyl (C=O) groups is 1. The molecule has 0 saturated heterocycles. The van der Waals surface area contributed by atoms with E-state index in [1.165, 1.54) is 0 Å². The number of nitrogens with two attached hydrogens (primary N) is 1. The van der Waals surface area contributed by atoms with Crippen LogP contribution in [0.5, 0.6) is 0 Å². The van der Waals surface area contributed by atoms with E-state index in [4.69, 9.17) is 16.9 Å². The topological polar surface area (TPSA) is 69.5 Å². The Hall–Kier alpha value is -2.35. The largest absolute Gasteiger partial charge is 0.333 e. The summed E-state index contributed by atoms with van der Waals surface area (Å²) in [4.78, 5) is 12.0. The molecule has 1 amide bonds. The van der Waals surface area contributed by atoms with Crippen molar-refractivity contribution in [2.24, 2.45) is 0 Å². The van der Waals surface area contributed by atoms with Crippen LogP contribution in [0.15, 0.2) is 48.5 Å². The minimum atomic E-state index is -0.136. The Balaban J connectivity index is 1.90. The van der Waals surface area contributed by atoms with Crippen molar-refractivity contribution in [3.63, 3.8) is 0 Å². The first kappa shape index (κ1) is 16.0. The molecule has 0 aliphatic heterocycles. The predicted octanol–water partition coefficient (Wildman–Crippen LogP) is 2.47. The number of anilines is 1. The summed E-state index contributed by atoms with van der Waals surface area (Å²) in [5, 5.41) is 14.4. The van der Waals surface area contributed by atoms with E-state index in [1.807, 2.05) is 36.5 Å². The third-order valence-corrected chi connectivity index (χ3v) is 3.63. The van der Waals surface area contributed by atoms with Gasteiger partial charge in [0.25, 0.3) is 5.91 Å². The highest BCUT2D eigenvalue weighted by Gasteiger charge is 2.12. The number of hydrogen-bond donors (Lipinski definition) is 2. The lowest BCUT2D eigenvalue weighted by atomic mass is 10.1. The zero-order valence-electron chi connectivity index (χ0n) is 12.2. The molecule has 4 nitrogen and oxygen atoms in total. The number of para-hydroxylation sites is 1. The van der Waals surface area contributed by atoms with E-state index in [9.17, 15) is 4.79 Å². The number of nitrogens with one attached hydrogen (secondary N) is 1. The first-order valence-corrected chi connectivity index (χ1v) is 7.35. The van der Waals surface area contributed by atoms with E-state index >= 15 is 0 Å². The number of quaternary nitrogens is 1. The van der Waals surface area contributed by atoms with Gasteiger partial charge in [-0.1, -0.05) is 35.9 Å². The molecule has 1 atom stereocenters. The van der Waals surface area contributed by atoms with Gasteiger partial charge in [0.05, 0.1) is 11.3 Å². The molecule has 2 aromatic rings. The Morgan fingerprint density at radius 3 is 2.64 bits per heavy atom. The molecular formula is C17H17ClN3O+. The van der Waals surface area contributed by atoms with Crippen LogP contribution in [0, 0.1) is 11.3 Å². The zero-order chi connectivity index (χ0) is 15.9. The molecule has 0 heterocycles. The Bertz CT molecular complexity index is 692. The fourth-order valence-electron chi connectivity index (χ4n) is 2.08. The maximum Gasteiger partial charge on any atom is 0.279 e. The van der Waals surface area contributed by atoms with E-state index in [0.29, 0.717) is 16.3 Å². The van der Waals surface area contributed by atoms with E-state index in [2.05, 4.69) is 11.4 Å². The summed E-state index contributed by atoms with van der Waals surface area (Å²) in [6.45, 7) is 2.31. The van der Waals surface area contributed by atoms with Crippen LogP contribution in [-0.4, -0.2) is 12.5 Å². The molecule has 0 aliphatic carbocycles. The number of amides is 1. The quantitative estimate of drug-likeness (QED) is 0.890. The van der Waals surface area contributed by atoms with Crippen LogP contribution in [0.3, 0.4) is 0 Å². The van der Waals surface area contributed by atoms with E-state index in [1.54, 1.807) is 24.3 Å². The molecule has 0 fully saturated rings. The molecule has 5 heteroatoms. The van der Waals surface area contributed by atoms with Crippen molar-refractivity contribution < 1.29 is 10.1 Å². The Morgan fingerprint density at radius 1 is 1.27 bits per heavy atom. The van der Waals surface area contributed by atoms with Crippen molar-refractivity contribution in [1.82, 2.24) is 0 Å². The van der Waals surface area contributed by atoms with Crippen molar-refractivity contribution >= 4 is 23.2 Å². The lowest BCUT2D eigenvalue weighted by molar-refractivity contribution is -0.682. The lowest BCUT2D eigenvalue weighted by Crippen LogP contribution is -2.86. The molecule has 0 aromatic heterocycles. The molecule has 0 radical (unpaired) electrons. The molecule has 0 bridgehead atoms. The second kappa shape index (κ2) is 7.60. The number of rotatable bonds is 5. The molecule has 0 aliphatic rings. The lowest BCUT2D eigenvalue weighted by Gasteiger charge is -2.11. The van der Waals surface area contributed by atoms with E-state index < -0.39 is 0 Å². The van der Waals surface area contributed by atoms with Crippen LogP contribution >= 0.6 is 11.6 Å². The Labute approximate surface area is 134 Å². The second-order valence-electron chi connectivity index (χ2n) is 4.99. The maximum absolute atomic E-state index is 12.0. The van der Waals surface area contributed by atoms with Crippen molar-refractivity contribution in [1.29, 1.82) is 5.26 Å². The molecular weight excluding hydrogens is 298 g/mol. The Morgan fingerprint density at radius 2 is 1.95 bits per heavy atom. The fraction of sp³-hybridized carbons (Fsp3) is 0.176. The average molecular weight is 315 g/mol. The predicted molar refractivity (Wildman–Crippen MR) is 86.4 cm³/mol. The van der Waals surface area contributed by atoms with Gasteiger partial charge in [0, 0.05) is 10.6 Å². The third-order valence-electron chi connectivity index (χ3n) is 3.37. The van der Waals surface area contributed by atoms with Gasteiger partial charge in [-0.3, -0.25) is 4.79 Å². The third kappa shape index (κ3) is 4.32. The molecule has 2 aromatic carbocycles. The van der Waals surface area contributed by atoms with Crippen LogP contribution in [0.2, 0.25) is 5.02 Å². The van der Waals surface area contributed by atoms with Gasteiger partial charge in [0.15, 0.2) is 6.54 Å². The van der Waals surface area contributed by atoms with Crippen molar-refractivity contribution in [3.05, 3.63) is 64.7 Å². The monoisotopic (exact) mass is 314 g/mol. The summed E-state index contributed by atoms with van der Waals surface area (Å²) < 4.78 is 0. The van der Waals surface area contributed by atoms with E-state index in [-0.39, 0.29) is 18.5 Å². The summed E-state index contributed by atoms with van der Waals surface area (Å²) in [5.74, 6) is -0.136. The number of carbonyl (C=O) groups excluding carboxylic acids is 1. The molecule has 112 valence electrons. The van der Waals surface area contributed by atoms with Crippen LogP contribution < -0.4 is 10.6 Å². The van der Waals surface area contributed by atoms with Crippen LogP contribution in [0.4, 0.5) is 5.69 Å². The number of nitrogens with zero attached hydrogens (tertiary/aromatic N) is 1. The maximum atomic E-state index is 12.0. The highest BCUT2D eigenvalue weighted by atomic mass is 35.5. The smallest absolute Gasteiger partial charge is 0.279 e. The number of hydrogen-bond acceptors (Lipinski definition) is 2. The van der Waals surface area contributed by atoms with Crippen molar-refractivity contribution in [2.45, 2.75) is 13.0 Å². The summed E-state index contributed by atoms with van der Waals surface area (Å²) in [6.07, 6.45) is 0. The van der Waals surface area contributed by atoms with Gasteiger partial charge < -0.3 is 10.6 Å². The number of nitriles is 1. The molecule has 0 unspecified atom stereocenters. The first-order chi connectivity index (χ1) is 10.6. The highest BCUT2D eigenvalue weighted by molar-refractivity contribution is 6.30. The molecule has 22 heavy (non-hydrogen) atoms. The summed E-state index contributed by atoms with van der Waals surface area (Å²) in [7, 11) is 0. The standard InChI is InChI=1S/C17H16ClN3O/c1-12(13-6-8-15(18)9-7-13)20-11-17(22)21-16-5-3-2-4-14(16)10-19/h2-9,12,20H,11H2,1H3,(H,21,22)/p+1/t12-/m0/s1. The molecule has 3 N–H and O–H groups in total. The average Bonchev–Trinajstić information content (AvgIpc) is 2.54. The summed E-state index contributed by atoms with van der Waals surface area (Å²) >= 11 is 5.86. The first-order valence-electron chi connectivity index (χ1n) is 6.98. The SMILES string of the molecule is C[C@H]([NH2+]CC(=O)Nc1ccccc1C#N)c1ccc(Cl)cc1. The summed E-state index contributed by atoms with van der Waals surface area (Å²) in [6, 6.07) is 16.7. The molecule has 2 rings (SSSR count). The van der Waals surface area contributed by atoms with Crippen LogP contribution in [0.25, 0.3) is 0 Å². The van der Waals surface area contributed by atoms with E-state index in [0.717, 1.165) is 5.56 Å². The Kier molecular flexibility index (Phi) is 5.54. The number of benzene rings is 2. The fourth-order valence-corrected chi connectivity index (χ4v) is 2.20. The molecule has 0 saturated carbocycles. The van der Waals surface area contributed by atoms with Crippen LogP contribution in [0.1, 0.15) is 24.1 Å². The normalized spacial score (nSPS) is 11.5. The minimum absolute atomic E-state index is 0.136. The molecule has 0 spiro atoms. The van der Waals surface area contributed by atoms with Gasteiger partial charge in [-0.2, -0.15) is 5.26 Å². The highest BCUT2D eigenvalue weighted by Crippen LogP contribution is 2.14. The van der Waals surface area contributed by atoms with Gasteiger partial charge in [0.2, 0.25) is 0 Å².